The number of aromatic nitrogens is 1. The summed E-state index contributed by atoms with van der Waals surface area (Å²) < 4.78 is 2.28. The van der Waals surface area contributed by atoms with E-state index in [1.165, 1.54) is 23.1 Å². The Labute approximate surface area is 136 Å². The predicted octanol–water partition coefficient (Wildman–Crippen LogP) is 4.07. The molecule has 0 spiro atoms. The summed E-state index contributed by atoms with van der Waals surface area (Å²) in [5.41, 5.74) is 9.70. The molecule has 0 saturated carbocycles. The second-order valence-corrected chi connectivity index (χ2v) is 6.04. The summed E-state index contributed by atoms with van der Waals surface area (Å²) >= 11 is 0. The number of primary amides is 1. The van der Waals surface area contributed by atoms with Crippen molar-refractivity contribution in [2.45, 2.75) is 32.7 Å². The highest BCUT2D eigenvalue weighted by Gasteiger charge is 2.08. The Bertz CT molecular complexity index is 818. The monoisotopic (exact) mass is 306 g/mol. The molecule has 3 heteroatoms. The molecule has 118 valence electrons. The highest BCUT2D eigenvalue weighted by Crippen LogP contribution is 2.23. The molecule has 1 heterocycles. The normalized spacial score (nSPS) is 11.0. The van der Waals surface area contributed by atoms with Crippen LogP contribution in [-0.2, 0) is 13.0 Å². The van der Waals surface area contributed by atoms with E-state index in [0.717, 1.165) is 24.8 Å². The number of amides is 1. The molecule has 0 atom stereocenters. The van der Waals surface area contributed by atoms with Crippen LogP contribution in [0.3, 0.4) is 0 Å². The van der Waals surface area contributed by atoms with Crippen LogP contribution in [0.4, 0.5) is 0 Å². The van der Waals surface area contributed by atoms with Gasteiger partial charge in [0.2, 0.25) is 5.91 Å². The molecule has 0 radical (unpaired) electrons. The second-order valence-electron chi connectivity index (χ2n) is 6.04. The summed E-state index contributed by atoms with van der Waals surface area (Å²) in [7, 11) is 0. The van der Waals surface area contributed by atoms with Gasteiger partial charge in [-0.05, 0) is 55.5 Å². The first-order valence-corrected chi connectivity index (χ1v) is 8.08. The third-order valence-corrected chi connectivity index (χ3v) is 4.32. The fourth-order valence-electron chi connectivity index (χ4n) is 3.07. The van der Waals surface area contributed by atoms with Crippen molar-refractivity contribution in [3.05, 3.63) is 71.4 Å². The number of aryl methyl sites for hydroxylation is 3. The summed E-state index contributed by atoms with van der Waals surface area (Å²) in [5.74, 6) is -0.373. The Morgan fingerprint density at radius 1 is 1.09 bits per heavy atom. The van der Waals surface area contributed by atoms with E-state index in [-0.39, 0.29) is 5.91 Å². The molecule has 0 aliphatic carbocycles. The zero-order valence-electron chi connectivity index (χ0n) is 13.5. The minimum Gasteiger partial charge on any atom is -0.366 e. The van der Waals surface area contributed by atoms with Gasteiger partial charge in [0, 0.05) is 29.2 Å². The molecular weight excluding hydrogens is 284 g/mol. The Hall–Kier alpha value is -2.55. The summed E-state index contributed by atoms with van der Waals surface area (Å²) in [6.45, 7) is 3.07. The van der Waals surface area contributed by atoms with Gasteiger partial charge < -0.3 is 10.3 Å². The lowest BCUT2D eigenvalue weighted by atomic mass is 10.1. The van der Waals surface area contributed by atoms with E-state index >= 15 is 0 Å². The molecule has 0 aliphatic heterocycles. The highest BCUT2D eigenvalue weighted by molar-refractivity contribution is 5.97. The van der Waals surface area contributed by atoms with Crippen LogP contribution in [0, 0.1) is 6.92 Å². The van der Waals surface area contributed by atoms with Crippen molar-refractivity contribution in [2.75, 3.05) is 0 Å². The Balaban J connectivity index is 1.67. The number of carbonyl (C=O) groups is 1. The van der Waals surface area contributed by atoms with E-state index in [9.17, 15) is 4.79 Å². The number of nitrogens with zero attached hydrogens (tertiary/aromatic N) is 1. The maximum atomic E-state index is 11.3. The van der Waals surface area contributed by atoms with E-state index in [2.05, 4.69) is 48.0 Å². The number of rotatable bonds is 6. The molecule has 1 aromatic heterocycles. The van der Waals surface area contributed by atoms with Crippen LogP contribution < -0.4 is 5.73 Å². The minimum atomic E-state index is -0.373. The molecule has 0 saturated heterocycles. The molecule has 2 N–H and O–H groups in total. The highest BCUT2D eigenvalue weighted by atomic mass is 16.1. The van der Waals surface area contributed by atoms with Gasteiger partial charge in [0.05, 0.1) is 0 Å². The van der Waals surface area contributed by atoms with E-state index in [4.69, 9.17) is 5.73 Å². The van der Waals surface area contributed by atoms with Crippen LogP contribution in [0.25, 0.3) is 10.9 Å². The van der Waals surface area contributed by atoms with Crippen molar-refractivity contribution >= 4 is 16.8 Å². The molecule has 1 amide bonds. The van der Waals surface area contributed by atoms with Gasteiger partial charge in [0.15, 0.2) is 0 Å². The van der Waals surface area contributed by atoms with Crippen LogP contribution in [0.2, 0.25) is 0 Å². The van der Waals surface area contributed by atoms with E-state index < -0.39 is 0 Å². The summed E-state index contributed by atoms with van der Waals surface area (Å²) in [4.78, 5) is 11.3. The minimum absolute atomic E-state index is 0.373. The zero-order valence-corrected chi connectivity index (χ0v) is 13.5. The lowest BCUT2D eigenvalue weighted by Crippen LogP contribution is -2.10. The fraction of sp³-hybridized carbons (Fsp3) is 0.250. The maximum Gasteiger partial charge on any atom is 0.248 e. The van der Waals surface area contributed by atoms with Crippen LogP contribution in [0.5, 0.6) is 0 Å². The standard InChI is InChI=1S/C20H22N2O/c1-15-14-22(12-6-5-9-16-7-3-2-4-8-16)19-11-10-17(20(21)23)13-18(15)19/h2-4,7-8,10-11,13-14H,5-6,9,12H2,1H3,(H2,21,23). The SMILES string of the molecule is Cc1cn(CCCCc2ccccc2)c2ccc(C(N)=O)cc12. The van der Waals surface area contributed by atoms with Crippen molar-refractivity contribution in [1.82, 2.24) is 4.57 Å². The first-order chi connectivity index (χ1) is 11.1. The molecule has 0 unspecified atom stereocenters. The lowest BCUT2D eigenvalue weighted by Gasteiger charge is -2.06. The Morgan fingerprint density at radius 3 is 2.61 bits per heavy atom. The van der Waals surface area contributed by atoms with Crippen molar-refractivity contribution in [1.29, 1.82) is 0 Å². The van der Waals surface area contributed by atoms with Crippen molar-refractivity contribution in [2.24, 2.45) is 5.73 Å². The molecule has 0 bridgehead atoms. The molecule has 23 heavy (non-hydrogen) atoms. The number of carbonyl (C=O) groups excluding carboxylic acids is 1. The van der Waals surface area contributed by atoms with Gasteiger partial charge in [-0.2, -0.15) is 0 Å². The number of unbranched alkanes of at least 4 members (excludes halogenated alkanes) is 1. The van der Waals surface area contributed by atoms with Gasteiger partial charge in [-0.15, -0.1) is 0 Å². The fourth-order valence-corrected chi connectivity index (χ4v) is 3.07. The third kappa shape index (κ3) is 3.45. The molecule has 3 rings (SSSR count). The van der Waals surface area contributed by atoms with E-state index in [1.807, 2.05) is 18.2 Å². The molecule has 2 aromatic carbocycles. The van der Waals surface area contributed by atoms with Crippen LogP contribution in [-0.4, -0.2) is 10.5 Å². The van der Waals surface area contributed by atoms with Gasteiger partial charge >= 0.3 is 0 Å². The smallest absolute Gasteiger partial charge is 0.248 e. The number of nitrogens with two attached hydrogens (primary N) is 1. The topological polar surface area (TPSA) is 48.0 Å². The summed E-state index contributed by atoms with van der Waals surface area (Å²) in [6, 6.07) is 16.3. The Morgan fingerprint density at radius 2 is 1.87 bits per heavy atom. The number of hydrogen-bond donors (Lipinski definition) is 1. The largest absolute Gasteiger partial charge is 0.366 e. The molecular formula is C20H22N2O. The first-order valence-electron chi connectivity index (χ1n) is 8.08. The number of fused-ring (bicyclic) bond motifs is 1. The summed E-state index contributed by atoms with van der Waals surface area (Å²) in [6.07, 6.45) is 5.58. The van der Waals surface area contributed by atoms with E-state index in [0.29, 0.717) is 5.56 Å². The van der Waals surface area contributed by atoms with Crippen LogP contribution >= 0.6 is 0 Å². The molecule has 0 aliphatic rings. The van der Waals surface area contributed by atoms with Crippen molar-refractivity contribution < 1.29 is 4.79 Å². The van der Waals surface area contributed by atoms with Gasteiger partial charge in [0.25, 0.3) is 0 Å². The van der Waals surface area contributed by atoms with Crippen molar-refractivity contribution in [3.8, 4) is 0 Å². The van der Waals surface area contributed by atoms with Crippen LogP contribution in [0.1, 0.15) is 34.3 Å². The average molecular weight is 306 g/mol. The zero-order chi connectivity index (χ0) is 16.2. The van der Waals surface area contributed by atoms with Gasteiger partial charge in [-0.1, -0.05) is 30.3 Å². The molecule has 0 fully saturated rings. The quantitative estimate of drug-likeness (QED) is 0.686. The lowest BCUT2D eigenvalue weighted by molar-refractivity contribution is 0.100. The third-order valence-electron chi connectivity index (χ3n) is 4.32. The average Bonchev–Trinajstić information content (AvgIpc) is 2.88. The van der Waals surface area contributed by atoms with Crippen LogP contribution in [0.15, 0.2) is 54.7 Å². The Kier molecular flexibility index (Phi) is 4.47. The summed E-state index contributed by atoms with van der Waals surface area (Å²) in [5, 5.41) is 1.12. The number of hydrogen-bond acceptors (Lipinski definition) is 1. The van der Waals surface area contributed by atoms with Crippen molar-refractivity contribution in [3.63, 3.8) is 0 Å². The maximum absolute atomic E-state index is 11.3. The van der Waals surface area contributed by atoms with E-state index in [1.54, 1.807) is 0 Å². The molecule has 3 aromatic rings. The second kappa shape index (κ2) is 6.69. The molecule has 3 nitrogen and oxygen atoms in total. The van der Waals surface area contributed by atoms with Gasteiger partial charge in [-0.25, -0.2) is 0 Å². The predicted molar refractivity (Wildman–Crippen MR) is 94.6 cm³/mol. The van der Waals surface area contributed by atoms with Gasteiger partial charge in [0.1, 0.15) is 0 Å². The number of benzene rings is 2. The first kappa shape index (κ1) is 15.3. The van der Waals surface area contributed by atoms with Gasteiger partial charge in [-0.3, -0.25) is 4.79 Å².